The molecule has 4 rings (SSSR count). The maximum atomic E-state index is 12.6. The molecular weight excluding hydrogens is 414 g/mol. The summed E-state index contributed by atoms with van der Waals surface area (Å²) >= 11 is 0. The van der Waals surface area contributed by atoms with Gasteiger partial charge >= 0.3 is 0 Å². The van der Waals surface area contributed by atoms with Crippen LogP contribution in [0.1, 0.15) is 21.6 Å². The summed E-state index contributed by atoms with van der Waals surface area (Å²) in [6.07, 6.45) is 1.53. The van der Waals surface area contributed by atoms with Crippen molar-refractivity contribution >= 4 is 12.1 Å². The molecule has 1 amide bonds. The Morgan fingerprint density at radius 3 is 2.33 bits per heavy atom. The molecule has 1 heterocycles. The minimum atomic E-state index is -0.299. The Bertz CT molecular complexity index is 1280. The monoisotopic (exact) mass is 439 g/mol. The molecule has 0 saturated heterocycles. The molecule has 0 radical (unpaired) electrons. The molecular formula is C27H25N3O3. The maximum Gasteiger partial charge on any atom is 0.271 e. The van der Waals surface area contributed by atoms with Crippen LogP contribution in [0.25, 0.3) is 16.9 Å². The highest BCUT2D eigenvalue weighted by molar-refractivity contribution is 5.95. The van der Waals surface area contributed by atoms with Crippen molar-refractivity contribution in [2.75, 3.05) is 14.2 Å². The Balaban J connectivity index is 1.51. The van der Waals surface area contributed by atoms with Crippen LogP contribution in [0.2, 0.25) is 0 Å². The lowest BCUT2D eigenvalue weighted by molar-refractivity contribution is 0.0955. The summed E-state index contributed by atoms with van der Waals surface area (Å²) in [4.78, 5) is 12.6. The number of hydrazone groups is 1. The highest BCUT2D eigenvalue weighted by atomic mass is 16.5. The van der Waals surface area contributed by atoms with Crippen LogP contribution in [0.15, 0.2) is 90.0 Å². The summed E-state index contributed by atoms with van der Waals surface area (Å²) in [6.45, 7) is 2.06. The van der Waals surface area contributed by atoms with E-state index >= 15 is 0 Å². The summed E-state index contributed by atoms with van der Waals surface area (Å²) < 4.78 is 12.8. The number of carbonyl (C=O) groups excluding carboxylic acids is 1. The third-order valence-corrected chi connectivity index (χ3v) is 5.34. The van der Waals surface area contributed by atoms with Gasteiger partial charge in [0.05, 0.1) is 26.1 Å². The van der Waals surface area contributed by atoms with Crippen molar-refractivity contribution in [1.29, 1.82) is 0 Å². The zero-order chi connectivity index (χ0) is 23.2. The Kier molecular flexibility index (Phi) is 6.55. The lowest BCUT2D eigenvalue weighted by atomic mass is 10.1. The lowest BCUT2D eigenvalue weighted by Crippen LogP contribution is -2.17. The predicted molar refractivity (Wildman–Crippen MR) is 131 cm³/mol. The van der Waals surface area contributed by atoms with Crippen molar-refractivity contribution in [1.82, 2.24) is 9.99 Å². The van der Waals surface area contributed by atoms with E-state index in [4.69, 9.17) is 9.47 Å². The Labute approximate surface area is 193 Å². The number of aromatic nitrogens is 1. The van der Waals surface area contributed by atoms with Gasteiger partial charge < -0.3 is 14.0 Å². The van der Waals surface area contributed by atoms with E-state index in [9.17, 15) is 4.79 Å². The highest BCUT2D eigenvalue weighted by Gasteiger charge is 2.11. The predicted octanol–water partition coefficient (Wildman–Crippen LogP) is 5.23. The highest BCUT2D eigenvalue weighted by Crippen LogP contribution is 2.29. The van der Waals surface area contributed by atoms with Gasteiger partial charge in [0.15, 0.2) is 11.5 Å². The van der Waals surface area contributed by atoms with Crippen molar-refractivity contribution in [2.45, 2.75) is 6.92 Å². The number of amides is 1. The van der Waals surface area contributed by atoms with Crippen LogP contribution in [-0.2, 0) is 0 Å². The number of methoxy groups -OCH3 is 2. The van der Waals surface area contributed by atoms with Gasteiger partial charge in [-0.2, -0.15) is 5.10 Å². The average molecular weight is 440 g/mol. The number of hydrogen-bond donors (Lipinski definition) is 1. The van der Waals surface area contributed by atoms with Crippen LogP contribution in [0.3, 0.4) is 0 Å². The van der Waals surface area contributed by atoms with Crippen molar-refractivity contribution < 1.29 is 14.3 Å². The van der Waals surface area contributed by atoms with E-state index in [0.29, 0.717) is 22.6 Å². The van der Waals surface area contributed by atoms with Crippen molar-refractivity contribution in [3.8, 4) is 28.4 Å². The van der Waals surface area contributed by atoms with E-state index in [2.05, 4.69) is 46.3 Å². The third kappa shape index (κ3) is 4.65. The van der Waals surface area contributed by atoms with Crippen LogP contribution >= 0.6 is 0 Å². The third-order valence-electron chi connectivity index (χ3n) is 5.34. The number of hydrogen-bond acceptors (Lipinski definition) is 4. The Morgan fingerprint density at radius 1 is 0.879 bits per heavy atom. The fraction of sp³-hybridized carbons (Fsp3) is 0.111. The summed E-state index contributed by atoms with van der Waals surface area (Å²) in [7, 11) is 3.13. The standard InChI is InChI=1S/C27H25N3O3/c1-19-12-17-24(20-8-5-4-6-9-20)30(19)23-15-13-21(14-16-23)27(31)29-28-18-22-10-7-11-25(32-2)26(22)33-3/h4-18H,1-3H3,(H,29,31)/b28-18+. The molecule has 0 unspecified atom stereocenters. The minimum absolute atomic E-state index is 0.299. The molecule has 0 aliphatic rings. The quantitative estimate of drug-likeness (QED) is 0.317. The molecule has 3 aromatic carbocycles. The van der Waals surface area contributed by atoms with E-state index in [1.165, 1.54) is 6.21 Å². The topological polar surface area (TPSA) is 64.8 Å². The summed E-state index contributed by atoms with van der Waals surface area (Å²) in [5.74, 6) is 0.851. The van der Waals surface area contributed by atoms with Gasteiger partial charge in [-0.05, 0) is 61.0 Å². The van der Waals surface area contributed by atoms with Crippen molar-refractivity contribution in [3.05, 3.63) is 102 Å². The van der Waals surface area contributed by atoms with E-state index in [1.54, 1.807) is 32.4 Å². The SMILES string of the molecule is COc1cccc(/C=N/NC(=O)c2ccc(-n3c(C)ccc3-c3ccccc3)cc2)c1OC. The Hall–Kier alpha value is -4.32. The van der Waals surface area contributed by atoms with Crippen LogP contribution in [0.4, 0.5) is 0 Å². The van der Waals surface area contributed by atoms with Crippen LogP contribution < -0.4 is 14.9 Å². The largest absolute Gasteiger partial charge is 0.493 e. The molecule has 1 aromatic heterocycles. The van der Waals surface area contributed by atoms with E-state index in [1.807, 2.05) is 42.5 Å². The second kappa shape index (κ2) is 9.87. The molecule has 0 atom stereocenters. The first-order chi connectivity index (χ1) is 16.1. The first-order valence-electron chi connectivity index (χ1n) is 10.5. The zero-order valence-corrected chi connectivity index (χ0v) is 18.8. The minimum Gasteiger partial charge on any atom is -0.493 e. The number of carbonyl (C=O) groups is 1. The molecule has 0 aliphatic heterocycles. The van der Waals surface area contributed by atoms with Gasteiger partial charge in [0.25, 0.3) is 5.91 Å². The fourth-order valence-corrected chi connectivity index (χ4v) is 3.72. The molecule has 0 bridgehead atoms. The number of nitrogens with one attached hydrogen (secondary N) is 1. The van der Waals surface area contributed by atoms with Gasteiger partial charge in [-0.25, -0.2) is 5.43 Å². The summed E-state index contributed by atoms with van der Waals surface area (Å²) in [6, 6.07) is 27.3. The van der Waals surface area contributed by atoms with Crippen molar-refractivity contribution in [3.63, 3.8) is 0 Å². The van der Waals surface area contributed by atoms with Gasteiger partial charge in [0.2, 0.25) is 0 Å². The Morgan fingerprint density at radius 2 is 1.64 bits per heavy atom. The number of para-hydroxylation sites is 1. The molecule has 0 saturated carbocycles. The molecule has 166 valence electrons. The molecule has 0 fully saturated rings. The normalized spacial score (nSPS) is 10.9. The molecule has 4 aromatic rings. The molecule has 0 spiro atoms. The first kappa shape index (κ1) is 21.9. The molecule has 33 heavy (non-hydrogen) atoms. The van der Waals surface area contributed by atoms with Gasteiger partial charge in [-0.3, -0.25) is 4.79 Å². The van der Waals surface area contributed by atoms with Crippen LogP contribution in [0.5, 0.6) is 11.5 Å². The van der Waals surface area contributed by atoms with Crippen LogP contribution in [-0.4, -0.2) is 30.9 Å². The molecule has 6 nitrogen and oxygen atoms in total. The lowest BCUT2D eigenvalue weighted by Gasteiger charge is -2.13. The van der Waals surface area contributed by atoms with Crippen LogP contribution in [0, 0.1) is 6.92 Å². The fourth-order valence-electron chi connectivity index (χ4n) is 3.72. The van der Waals surface area contributed by atoms with Gasteiger partial charge in [-0.1, -0.05) is 36.4 Å². The van der Waals surface area contributed by atoms with Gasteiger partial charge in [0, 0.05) is 22.5 Å². The van der Waals surface area contributed by atoms with E-state index in [0.717, 1.165) is 22.6 Å². The number of rotatable bonds is 7. The zero-order valence-electron chi connectivity index (χ0n) is 18.8. The average Bonchev–Trinajstić information content (AvgIpc) is 3.25. The van der Waals surface area contributed by atoms with Gasteiger partial charge in [0.1, 0.15) is 0 Å². The van der Waals surface area contributed by atoms with E-state index < -0.39 is 0 Å². The smallest absolute Gasteiger partial charge is 0.271 e. The first-order valence-corrected chi connectivity index (χ1v) is 10.5. The van der Waals surface area contributed by atoms with Gasteiger partial charge in [-0.15, -0.1) is 0 Å². The summed E-state index contributed by atoms with van der Waals surface area (Å²) in [5, 5.41) is 4.08. The number of ether oxygens (including phenoxy) is 2. The number of benzene rings is 3. The molecule has 6 heteroatoms. The van der Waals surface area contributed by atoms with E-state index in [-0.39, 0.29) is 5.91 Å². The maximum absolute atomic E-state index is 12.6. The van der Waals surface area contributed by atoms with Crippen molar-refractivity contribution in [2.24, 2.45) is 5.10 Å². The number of aryl methyl sites for hydroxylation is 1. The number of nitrogens with zero attached hydrogens (tertiary/aromatic N) is 2. The second-order valence-corrected chi connectivity index (χ2v) is 7.39. The summed E-state index contributed by atoms with van der Waals surface area (Å²) in [5.41, 5.74) is 8.11. The molecule has 0 aliphatic carbocycles. The second-order valence-electron chi connectivity index (χ2n) is 7.39. The molecule has 1 N–H and O–H groups in total.